The van der Waals surface area contributed by atoms with Gasteiger partial charge in [0, 0.05) is 0 Å². The highest BCUT2D eigenvalue weighted by Gasteiger charge is 2.17. The van der Waals surface area contributed by atoms with Crippen molar-refractivity contribution in [3.63, 3.8) is 0 Å². The fourth-order valence-corrected chi connectivity index (χ4v) is 1.83. The van der Waals surface area contributed by atoms with Gasteiger partial charge < -0.3 is 9.84 Å². The fraction of sp³-hybridized carbons (Fsp3) is 0.100. The maximum Gasteiger partial charge on any atom is 0.335 e. The number of primary sulfonamides is 1. The highest BCUT2D eigenvalue weighted by Crippen LogP contribution is 2.24. The molecule has 1 aromatic rings. The van der Waals surface area contributed by atoms with Gasteiger partial charge in [-0.2, -0.15) is 0 Å². The third kappa shape index (κ3) is 3.30. The molecule has 7 heteroatoms. The zero-order valence-corrected chi connectivity index (χ0v) is 9.61. The van der Waals surface area contributed by atoms with Crippen molar-refractivity contribution in [1.29, 1.82) is 0 Å². The van der Waals surface area contributed by atoms with Gasteiger partial charge in [0.2, 0.25) is 10.0 Å². The van der Waals surface area contributed by atoms with E-state index < -0.39 is 16.0 Å². The normalized spacial score (nSPS) is 10.9. The van der Waals surface area contributed by atoms with Crippen LogP contribution in [-0.2, 0) is 10.0 Å². The molecule has 0 spiro atoms. The third-order valence-electron chi connectivity index (χ3n) is 1.85. The monoisotopic (exact) mass is 257 g/mol. The van der Waals surface area contributed by atoms with Gasteiger partial charge in [-0.3, -0.25) is 0 Å². The van der Waals surface area contributed by atoms with E-state index in [4.69, 9.17) is 15.0 Å². The van der Waals surface area contributed by atoms with E-state index in [1.165, 1.54) is 18.2 Å². The van der Waals surface area contributed by atoms with Crippen molar-refractivity contribution in [2.24, 2.45) is 5.14 Å². The summed E-state index contributed by atoms with van der Waals surface area (Å²) in [5.74, 6) is -1.25. The van der Waals surface area contributed by atoms with Crippen molar-refractivity contribution in [1.82, 2.24) is 0 Å². The van der Waals surface area contributed by atoms with Crippen molar-refractivity contribution in [2.75, 3.05) is 6.61 Å². The Kier molecular flexibility index (Phi) is 3.87. The van der Waals surface area contributed by atoms with Crippen molar-refractivity contribution in [2.45, 2.75) is 4.90 Å². The average molecular weight is 257 g/mol. The van der Waals surface area contributed by atoms with Crippen LogP contribution in [0, 0.1) is 0 Å². The fourth-order valence-electron chi connectivity index (χ4n) is 1.13. The molecular formula is C10H11NO5S. The largest absolute Gasteiger partial charge is 0.488 e. The van der Waals surface area contributed by atoms with E-state index in [1.807, 2.05) is 0 Å². The lowest BCUT2D eigenvalue weighted by atomic mass is 10.2. The number of carbonyl (C=O) groups is 1. The van der Waals surface area contributed by atoms with E-state index in [9.17, 15) is 13.2 Å². The highest BCUT2D eigenvalue weighted by atomic mass is 32.2. The van der Waals surface area contributed by atoms with E-state index in [1.54, 1.807) is 0 Å². The van der Waals surface area contributed by atoms with Crippen LogP contribution in [-0.4, -0.2) is 26.1 Å². The molecule has 3 N–H and O–H groups in total. The van der Waals surface area contributed by atoms with Crippen molar-refractivity contribution < 1.29 is 23.1 Å². The van der Waals surface area contributed by atoms with E-state index in [2.05, 4.69) is 6.58 Å². The summed E-state index contributed by atoms with van der Waals surface area (Å²) in [6.07, 6.45) is 1.43. The molecule has 0 unspecified atom stereocenters. The number of carboxylic acid groups (broad SMARTS) is 1. The molecule has 0 bridgehead atoms. The van der Waals surface area contributed by atoms with Gasteiger partial charge in [-0.05, 0) is 18.2 Å². The Hall–Kier alpha value is -1.86. The predicted molar refractivity (Wildman–Crippen MR) is 60.5 cm³/mol. The van der Waals surface area contributed by atoms with Crippen LogP contribution >= 0.6 is 0 Å². The summed E-state index contributed by atoms with van der Waals surface area (Å²) in [5.41, 5.74) is -0.181. The molecule has 0 aliphatic carbocycles. The lowest BCUT2D eigenvalue weighted by Crippen LogP contribution is -2.15. The van der Waals surface area contributed by atoms with Gasteiger partial charge in [-0.1, -0.05) is 12.7 Å². The van der Waals surface area contributed by atoms with Gasteiger partial charge in [0.05, 0.1) is 5.56 Å². The molecule has 0 atom stereocenters. The Morgan fingerprint density at radius 3 is 2.65 bits per heavy atom. The van der Waals surface area contributed by atoms with Gasteiger partial charge in [0.15, 0.2) is 0 Å². The lowest BCUT2D eigenvalue weighted by Gasteiger charge is -2.09. The summed E-state index contributed by atoms with van der Waals surface area (Å²) in [5, 5.41) is 13.7. The second kappa shape index (κ2) is 4.98. The van der Waals surface area contributed by atoms with E-state index >= 15 is 0 Å². The number of aromatic carboxylic acids is 1. The quantitative estimate of drug-likeness (QED) is 0.751. The Morgan fingerprint density at radius 1 is 1.53 bits per heavy atom. The average Bonchev–Trinajstić information content (AvgIpc) is 2.24. The molecule has 0 aliphatic rings. The Balaban J connectivity index is 3.31. The molecule has 17 heavy (non-hydrogen) atoms. The van der Waals surface area contributed by atoms with Crippen LogP contribution in [0.1, 0.15) is 10.4 Å². The Labute approximate surface area is 98.4 Å². The molecule has 0 aliphatic heterocycles. The molecule has 0 fully saturated rings. The molecule has 92 valence electrons. The standard InChI is InChI=1S/C10H11NO5S/c1-2-5-16-8-4-3-7(10(12)13)6-9(8)17(11,14)15/h2-4,6H,1,5H2,(H,12,13)(H2,11,14,15). The van der Waals surface area contributed by atoms with Crippen LogP contribution in [0.15, 0.2) is 35.7 Å². The predicted octanol–water partition coefficient (Wildman–Crippen LogP) is 0.597. The number of ether oxygens (including phenoxy) is 1. The van der Waals surface area contributed by atoms with Crippen LogP contribution in [0.5, 0.6) is 5.75 Å². The maximum absolute atomic E-state index is 11.3. The first-order valence-corrected chi connectivity index (χ1v) is 6.04. The molecule has 1 aromatic carbocycles. The smallest absolute Gasteiger partial charge is 0.335 e. The first kappa shape index (κ1) is 13.2. The summed E-state index contributed by atoms with van der Waals surface area (Å²) in [4.78, 5) is 10.4. The first-order valence-electron chi connectivity index (χ1n) is 4.50. The summed E-state index contributed by atoms with van der Waals surface area (Å²) >= 11 is 0. The SMILES string of the molecule is C=CCOc1ccc(C(=O)O)cc1S(N)(=O)=O. The van der Waals surface area contributed by atoms with Gasteiger partial charge in [0.1, 0.15) is 17.3 Å². The van der Waals surface area contributed by atoms with Crippen LogP contribution in [0.3, 0.4) is 0 Å². The van der Waals surface area contributed by atoms with Crippen molar-refractivity contribution in [3.8, 4) is 5.75 Å². The number of hydrogen-bond acceptors (Lipinski definition) is 4. The maximum atomic E-state index is 11.3. The van der Waals surface area contributed by atoms with Gasteiger partial charge >= 0.3 is 5.97 Å². The van der Waals surface area contributed by atoms with Crippen LogP contribution in [0.2, 0.25) is 0 Å². The molecule has 1 rings (SSSR count). The molecular weight excluding hydrogens is 246 g/mol. The topological polar surface area (TPSA) is 107 Å². The minimum atomic E-state index is -4.04. The molecule has 0 saturated heterocycles. The van der Waals surface area contributed by atoms with E-state index in [-0.39, 0.29) is 22.8 Å². The molecule has 0 aromatic heterocycles. The first-order chi connectivity index (χ1) is 7.86. The minimum Gasteiger partial charge on any atom is -0.488 e. The van der Waals surface area contributed by atoms with Crippen LogP contribution in [0.25, 0.3) is 0 Å². The zero-order chi connectivity index (χ0) is 13.1. The van der Waals surface area contributed by atoms with Gasteiger partial charge in [-0.25, -0.2) is 18.4 Å². The number of nitrogens with two attached hydrogens (primary N) is 1. The minimum absolute atomic E-state index is 0.00241. The number of rotatable bonds is 5. The van der Waals surface area contributed by atoms with E-state index in [0.717, 1.165) is 6.07 Å². The second-order valence-electron chi connectivity index (χ2n) is 3.11. The number of carboxylic acids is 1. The number of benzene rings is 1. The second-order valence-corrected chi connectivity index (χ2v) is 4.64. The summed E-state index contributed by atoms with van der Waals surface area (Å²) in [6.45, 7) is 3.51. The van der Waals surface area contributed by atoms with Crippen molar-refractivity contribution >= 4 is 16.0 Å². The van der Waals surface area contributed by atoms with Gasteiger partial charge in [0.25, 0.3) is 0 Å². The summed E-state index contributed by atoms with van der Waals surface area (Å²) in [7, 11) is -4.04. The van der Waals surface area contributed by atoms with Crippen LogP contribution < -0.4 is 9.88 Å². The molecule has 6 nitrogen and oxygen atoms in total. The Morgan fingerprint density at radius 2 is 2.18 bits per heavy atom. The zero-order valence-electron chi connectivity index (χ0n) is 8.79. The molecule has 0 heterocycles. The van der Waals surface area contributed by atoms with Gasteiger partial charge in [-0.15, -0.1) is 0 Å². The van der Waals surface area contributed by atoms with E-state index in [0.29, 0.717) is 0 Å². The number of hydrogen-bond donors (Lipinski definition) is 2. The number of sulfonamides is 1. The van der Waals surface area contributed by atoms with Crippen molar-refractivity contribution in [3.05, 3.63) is 36.4 Å². The Bertz CT molecular complexity index is 550. The lowest BCUT2D eigenvalue weighted by molar-refractivity contribution is 0.0696. The highest BCUT2D eigenvalue weighted by molar-refractivity contribution is 7.89. The molecule has 0 amide bonds. The summed E-state index contributed by atoms with van der Waals surface area (Å²) in [6, 6.07) is 3.43. The molecule has 0 saturated carbocycles. The van der Waals surface area contributed by atoms with Crippen LogP contribution in [0.4, 0.5) is 0 Å². The third-order valence-corrected chi connectivity index (χ3v) is 2.79. The molecule has 0 radical (unpaired) electrons. The summed E-state index contributed by atoms with van der Waals surface area (Å²) < 4.78 is 27.6.